The molecule has 4 rings (SSSR count). The Kier molecular flexibility index (Phi) is 8.37. The molecule has 1 saturated heterocycles. The fourth-order valence-corrected chi connectivity index (χ4v) is 4.56. The molecule has 2 aromatic heterocycles. The third kappa shape index (κ3) is 7.03. The molecule has 0 aliphatic carbocycles. The Morgan fingerprint density at radius 3 is 2.68 bits per heavy atom. The molecule has 1 aliphatic heterocycles. The van der Waals surface area contributed by atoms with Gasteiger partial charge in [0.1, 0.15) is 11.6 Å². The van der Waals surface area contributed by atoms with E-state index in [1.807, 2.05) is 0 Å². The molecular weight excluding hydrogens is 518 g/mol. The van der Waals surface area contributed by atoms with Crippen molar-refractivity contribution < 1.29 is 22.7 Å². The molecule has 12 heteroatoms. The number of carbonyl (C=O) groups is 2. The molecule has 0 spiro atoms. The van der Waals surface area contributed by atoms with Gasteiger partial charge in [0.25, 0.3) is 11.8 Å². The largest absolute Gasteiger partial charge is 0.492 e. The summed E-state index contributed by atoms with van der Waals surface area (Å²) < 4.78 is 30.2. The summed E-state index contributed by atoms with van der Waals surface area (Å²) >= 11 is 5.84. The van der Waals surface area contributed by atoms with E-state index in [0.29, 0.717) is 11.6 Å². The predicted molar refractivity (Wildman–Crippen MR) is 140 cm³/mol. The quantitative estimate of drug-likeness (QED) is 0.393. The molecule has 1 fully saturated rings. The zero-order valence-electron chi connectivity index (χ0n) is 20.0. The summed E-state index contributed by atoms with van der Waals surface area (Å²) in [6, 6.07) is 10.3. The van der Waals surface area contributed by atoms with E-state index >= 15 is 0 Å². The monoisotopic (exact) mass is 543 g/mol. The van der Waals surface area contributed by atoms with Crippen LogP contribution < -0.4 is 20.7 Å². The fourth-order valence-electron chi connectivity index (χ4n) is 3.82. The summed E-state index contributed by atoms with van der Waals surface area (Å²) in [5, 5.41) is 9.03. The first-order valence-electron chi connectivity index (χ1n) is 11.6. The third-order valence-corrected chi connectivity index (χ3v) is 7.07. The summed E-state index contributed by atoms with van der Waals surface area (Å²) in [5.41, 5.74) is 0.260. The van der Waals surface area contributed by atoms with Crippen molar-refractivity contribution in [1.82, 2.24) is 15.3 Å². The zero-order valence-corrected chi connectivity index (χ0v) is 21.6. The number of sulfone groups is 1. The van der Waals surface area contributed by atoms with Crippen LogP contribution in [0.1, 0.15) is 33.7 Å². The second-order valence-electron chi connectivity index (χ2n) is 8.62. The van der Waals surface area contributed by atoms with E-state index in [1.54, 1.807) is 12.1 Å². The Morgan fingerprint density at radius 1 is 1.14 bits per heavy atom. The first kappa shape index (κ1) is 26.5. The number of anilines is 2. The van der Waals surface area contributed by atoms with Crippen LogP contribution in [0, 0.1) is 5.92 Å². The van der Waals surface area contributed by atoms with Crippen LogP contribution in [0.5, 0.6) is 5.75 Å². The zero-order chi connectivity index (χ0) is 26.4. The Morgan fingerprint density at radius 2 is 1.97 bits per heavy atom. The van der Waals surface area contributed by atoms with Gasteiger partial charge in [-0.15, -0.1) is 0 Å². The molecule has 1 unspecified atom stereocenters. The molecule has 0 radical (unpaired) electrons. The lowest BCUT2D eigenvalue weighted by atomic mass is 10.0. The first-order valence-corrected chi connectivity index (χ1v) is 13.8. The molecule has 0 bridgehead atoms. The number of nitrogens with one attached hydrogen (secondary N) is 3. The van der Waals surface area contributed by atoms with E-state index in [-0.39, 0.29) is 39.3 Å². The Bertz CT molecular complexity index is 1390. The Hall–Kier alpha value is -3.54. The van der Waals surface area contributed by atoms with Crippen LogP contribution in [0.4, 0.5) is 11.5 Å². The van der Waals surface area contributed by atoms with Crippen molar-refractivity contribution in [1.29, 1.82) is 0 Å². The standard InChI is InChI=1S/C25H26ClN5O5S/c1-37(34,35)18-7-8-19(21(12-18)36-15-16-4-2-10-27-13-16)24(32)30-20-5-3-11-28-23(20)25(33)31-22-9-6-17(26)14-29-22/h3,5-9,11-12,14,16,27H,2,4,10,13,15H2,1H3,(H,30,32)(H,29,31,33). The van der Waals surface area contributed by atoms with Crippen molar-refractivity contribution in [2.24, 2.45) is 5.92 Å². The SMILES string of the molecule is CS(=O)(=O)c1ccc(C(=O)Nc2cccnc2C(=O)Nc2ccc(Cl)cn2)c(OCC2CCCNC2)c1. The lowest BCUT2D eigenvalue weighted by Crippen LogP contribution is -2.33. The average Bonchev–Trinajstić information content (AvgIpc) is 2.89. The molecule has 3 heterocycles. The van der Waals surface area contributed by atoms with Gasteiger partial charge in [-0.2, -0.15) is 0 Å². The van der Waals surface area contributed by atoms with Crippen LogP contribution in [0.25, 0.3) is 0 Å². The highest BCUT2D eigenvalue weighted by molar-refractivity contribution is 7.90. The highest BCUT2D eigenvalue weighted by atomic mass is 35.5. The number of halogens is 1. The summed E-state index contributed by atoms with van der Waals surface area (Å²) in [4.78, 5) is 34.3. The van der Waals surface area contributed by atoms with Crippen molar-refractivity contribution in [3.8, 4) is 5.75 Å². The minimum absolute atomic E-state index is 0.0314. The number of ether oxygens (including phenoxy) is 1. The van der Waals surface area contributed by atoms with Gasteiger partial charge in [-0.3, -0.25) is 9.59 Å². The third-order valence-electron chi connectivity index (χ3n) is 5.74. The molecule has 1 aliphatic rings. The molecule has 3 aromatic rings. The van der Waals surface area contributed by atoms with Crippen LogP contribution >= 0.6 is 11.6 Å². The number of pyridine rings is 2. The van der Waals surface area contributed by atoms with Crippen LogP contribution in [0.2, 0.25) is 5.02 Å². The van der Waals surface area contributed by atoms with E-state index in [4.69, 9.17) is 16.3 Å². The highest BCUT2D eigenvalue weighted by Crippen LogP contribution is 2.26. The number of rotatable bonds is 8. The highest BCUT2D eigenvalue weighted by Gasteiger charge is 2.22. The van der Waals surface area contributed by atoms with Gasteiger partial charge in [0.05, 0.1) is 27.8 Å². The lowest BCUT2D eigenvalue weighted by molar-refractivity contribution is 0.102. The predicted octanol–water partition coefficient (Wildman–Crippen LogP) is 3.42. The van der Waals surface area contributed by atoms with Crippen LogP contribution in [-0.4, -0.2) is 56.2 Å². The minimum atomic E-state index is -3.52. The van der Waals surface area contributed by atoms with Gasteiger partial charge in [-0.1, -0.05) is 11.6 Å². The van der Waals surface area contributed by atoms with Crippen LogP contribution in [-0.2, 0) is 9.84 Å². The molecule has 194 valence electrons. The van der Waals surface area contributed by atoms with Crippen molar-refractivity contribution in [2.75, 3.05) is 36.6 Å². The average molecular weight is 544 g/mol. The van der Waals surface area contributed by atoms with E-state index in [9.17, 15) is 18.0 Å². The number of benzene rings is 1. The number of hydrogen-bond acceptors (Lipinski definition) is 8. The van der Waals surface area contributed by atoms with Gasteiger partial charge >= 0.3 is 0 Å². The summed E-state index contributed by atoms with van der Waals surface area (Å²) in [6.07, 6.45) is 5.89. The smallest absolute Gasteiger partial charge is 0.277 e. The van der Waals surface area contributed by atoms with Gasteiger partial charge < -0.3 is 20.7 Å². The number of carbonyl (C=O) groups excluding carboxylic acids is 2. The summed E-state index contributed by atoms with van der Waals surface area (Å²) in [5.74, 6) is -0.516. The van der Waals surface area contributed by atoms with Gasteiger partial charge in [0.15, 0.2) is 15.5 Å². The summed E-state index contributed by atoms with van der Waals surface area (Å²) in [6.45, 7) is 2.06. The maximum atomic E-state index is 13.3. The van der Waals surface area contributed by atoms with Gasteiger partial charge in [-0.25, -0.2) is 18.4 Å². The van der Waals surface area contributed by atoms with Gasteiger partial charge in [0, 0.05) is 31.1 Å². The molecular formula is C25H26ClN5O5S. The molecule has 3 N–H and O–H groups in total. The molecule has 1 atom stereocenters. The second kappa shape index (κ2) is 11.7. The Balaban J connectivity index is 1.56. The van der Waals surface area contributed by atoms with Crippen molar-refractivity contribution in [2.45, 2.75) is 17.7 Å². The van der Waals surface area contributed by atoms with Crippen LogP contribution in [0.3, 0.4) is 0 Å². The topological polar surface area (TPSA) is 139 Å². The molecule has 10 nitrogen and oxygen atoms in total. The molecule has 2 amide bonds. The van der Waals surface area contributed by atoms with E-state index in [2.05, 4.69) is 25.9 Å². The number of hydrogen-bond donors (Lipinski definition) is 3. The van der Waals surface area contributed by atoms with Crippen molar-refractivity contribution >= 4 is 44.8 Å². The maximum Gasteiger partial charge on any atom is 0.277 e. The summed E-state index contributed by atoms with van der Waals surface area (Å²) in [7, 11) is -3.52. The normalized spacial score (nSPS) is 15.6. The minimum Gasteiger partial charge on any atom is -0.492 e. The van der Waals surface area contributed by atoms with Gasteiger partial charge in [-0.05, 0) is 61.9 Å². The van der Waals surface area contributed by atoms with Crippen LogP contribution in [0.15, 0.2) is 59.8 Å². The van der Waals surface area contributed by atoms with Crippen molar-refractivity contribution in [3.05, 3.63) is 71.1 Å². The number of amides is 2. The van der Waals surface area contributed by atoms with E-state index < -0.39 is 21.7 Å². The molecule has 37 heavy (non-hydrogen) atoms. The molecule has 1 aromatic carbocycles. The first-order chi connectivity index (χ1) is 17.7. The fraction of sp³-hybridized carbons (Fsp3) is 0.280. The Labute approximate surface area is 219 Å². The number of aromatic nitrogens is 2. The molecule has 0 saturated carbocycles. The second-order valence-corrected chi connectivity index (χ2v) is 11.1. The number of nitrogens with zero attached hydrogens (tertiary/aromatic N) is 2. The maximum absolute atomic E-state index is 13.3. The lowest BCUT2D eigenvalue weighted by Gasteiger charge is -2.23. The van der Waals surface area contributed by atoms with E-state index in [1.165, 1.54) is 42.7 Å². The van der Waals surface area contributed by atoms with Gasteiger partial charge in [0.2, 0.25) is 0 Å². The number of piperidine rings is 1. The van der Waals surface area contributed by atoms with Crippen molar-refractivity contribution in [3.63, 3.8) is 0 Å². The van der Waals surface area contributed by atoms with E-state index in [0.717, 1.165) is 32.2 Å².